The predicted octanol–water partition coefficient (Wildman–Crippen LogP) is 4.40. The Bertz CT molecular complexity index is 251. The quantitative estimate of drug-likeness (QED) is 0.575. The van der Waals surface area contributed by atoms with Gasteiger partial charge in [0.1, 0.15) is 0 Å². The summed E-state index contributed by atoms with van der Waals surface area (Å²) < 4.78 is 25.2. The molecule has 0 aromatic carbocycles. The Morgan fingerprint density at radius 3 is 1.10 bits per heavy atom. The molecule has 0 unspecified atom stereocenters. The lowest BCUT2D eigenvalue weighted by molar-refractivity contribution is 0.0837. The summed E-state index contributed by atoms with van der Waals surface area (Å²) in [5, 5.41) is 0. The fourth-order valence-corrected chi connectivity index (χ4v) is 13.3. The second kappa shape index (κ2) is 7.31. The highest BCUT2D eigenvalue weighted by Gasteiger charge is 2.53. The minimum absolute atomic E-state index is 0.631. The molecule has 4 nitrogen and oxygen atoms in total. The molecule has 0 radical (unpaired) electrons. The van der Waals surface area contributed by atoms with E-state index in [0.29, 0.717) is 6.61 Å². The van der Waals surface area contributed by atoms with Crippen LogP contribution in [0.1, 0.15) is 13.3 Å². The first-order valence-corrected chi connectivity index (χ1v) is 19.3. The lowest BCUT2D eigenvalue weighted by Crippen LogP contribution is -2.62. The van der Waals surface area contributed by atoms with Crippen molar-refractivity contribution in [2.24, 2.45) is 0 Å². The van der Waals surface area contributed by atoms with Crippen LogP contribution in [0.15, 0.2) is 0 Å². The summed E-state index contributed by atoms with van der Waals surface area (Å²) in [6.07, 6.45) is 0.938. The molecule has 0 saturated heterocycles. The molecule has 0 N–H and O–H groups in total. The SMILES string of the molecule is CCCO[Si](O[Si](C)(C)C)(O[Si](C)(C)C)O[Si](C)(C)C. The van der Waals surface area contributed by atoms with E-state index in [-0.39, 0.29) is 0 Å². The Morgan fingerprint density at radius 1 is 0.600 bits per heavy atom. The molecule has 122 valence electrons. The molecule has 20 heavy (non-hydrogen) atoms. The lowest BCUT2D eigenvalue weighted by Gasteiger charge is -2.40. The summed E-state index contributed by atoms with van der Waals surface area (Å²) in [4.78, 5) is 0. The summed E-state index contributed by atoms with van der Waals surface area (Å²) in [6.45, 7) is 22.1. The minimum atomic E-state index is -3.04. The second-order valence-electron chi connectivity index (χ2n) is 7.99. The first kappa shape index (κ1) is 20.7. The fourth-order valence-electron chi connectivity index (χ4n) is 1.50. The Hall–Kier alpha value is 0.708. The number of hydrogen-bond donors (Lipinski definition) is 0. The summed E-state index contributed by atoms with van der Waals surface area (Å²) in [5.74, 6) is 0. The van der Waals surface area contributed by atoms with Gasteiger partial charge in [0.05, 0.1) is 0 Å². The predicted molar refractivity (Wildman–Crippen MR) is 95.3 cm³/mol. The van der Waals surface area contributed by atoms with Crippen LogP contribution in [0.4, 0.5) is 0 Å². The highest BCUT2D eigenvalue weighted by molar-refractivity contribution is 6.87. The van der Waals surface area contributed by atoms with Gasteiger partial charge in [-0.2, -0.15) is 0 Å². The van der Waals surface area contributed by atoms with Gasteiger partial charge in [0.15, 0.2) is 25.0 Å². The third-order valence-electron chi connectivity index (χ3n) is 1.78. The fraction of sp³-hybridized carbons (Fsp3) is 1.00. The van der Waals surface area contributed by atoms with Crippen LogP contribution in [0, 0.1) is 0 Å². The van der Waals surface area contributed by atoms with Crippen molar-refractivity contribution in [1.82, 2.24) is 0 Å². The standard InChI is InChI=1S/C12H34O4Si4/c1-11-12-13-20(14-17(2,3)4,15-18(5,6)7)16-19(8,9)10/h11-12H2,1-10H3. The van der Waals surface area contributed by atoms with E-state index in [9.17, 15) is 0 Å². The summed E-state index contributed by atoms with van der Waals surface area (Å²) in [5.41, 5.74) is 0. The van der Waals surface area contributed by atoms with E-state index in [1.54, 1.807) is 0 Å². The van der Waals surface area contributed by atoms with Gasteiger partial charge in [-0.05, 0) is 65.3 Å². The average molecular weight is 355 g/mol. The number of rotatable bonds is 9. The van der Waals surface area contributed by atoms with E-state index in [4.69, 9.17) is 16.8 Å². The van der Waals surface area contributed by atoms with Crippen LogP contribution in [0.2, 0.25) is 58.9 Å². The van der Waals surface area contributed by atoms with Crippen molar-refractivity contribution in [1.29, 1.82) is 0 Å². The van der Waals surface area contributed by atoms with Gasteiger partial charge in [-0.25, -0.2) is 0 Å². The number of hydrogen-bond acceptors (Lipinski definition) is 4. The van der Waals surface area contributed by atoms with Crippen LogP contribution in [-0.4, -0.2) is 40.6 Å². The van der Waals surface area contributed by atoms with Gasteiger partial charge in [-0.3, -0.25) is 0 Å². The molecule has 8 heteroatoms. The average Bonchev–Trinajstić information content (AvgIpc) is 2.05. The highest BCUT2D eigenvalue weighted by atomic mass is 28.5. The van der Waals surface area contributed by atoms with Crippen LogP contribution in [0.3, 0.4) is 0 Å². The molecule has 0 aliphatic rings. The molecular formula is C12H34O4Si4. The lowest BCUT2D eigenvalue weighted by atomic mass is 10.5. The van der Waals surface area contributed by atoms with E-state index < -0.39 is 34.0 Å². The van der Waals surface area contributed by atoms with Crippen molar-refractivity contribution in [3.8, 4) is 0 Å². The van der Waals surface area contributed by atoms with E-state index in [1.165, 1.54) is 0 Å². The van der Waals surface area contributed by atoms with Gasteiger partial charge in [-0.1, -0.05) is 6.92 Å². The third kappa shape index (κ3) is 10.4. The summed E-state index contributed by atoms with van der Waals surface area (Å²) in [7, 11) is -8.47. The monoisotopic (exact) mass is 354 g/mol. The molecule has 0 heterocycles. The molecule has 0 amide bonds. The molecule has 0 fully saturated rings. The molecule has 0 bridgehead atoms. The smallest absolute Gasteiger partial charge is 0.395 e. The van der Waals surface area contributed by atoms with E-state index in [1.807, 2.05) is 0 Å². The summed E-state index contributed by atoms with van der Waals surface area (Å²) >= 11 is 0. The van der Waals surface area contributed by atoms with E-state index >= 15 is 0 Å². The zero-order valence-corrected chi connectivity index (χ0v) is 19.0. The molecule has 0 aliphatic heterocycles. The van der Waals surface area contributed by atoms with Gasteiger partial charge in [0.25, 0.3) is 0 Å². The Morgan fingerprint density at radius 2 is 0.900 bits per heavy atom. The van der Waals surface area contributed by atoms with E-state index in [2.05, 4.69) is 65.8 Å². The zero-order chi connectivity index (χ0) is 16.2. The first-order valence-electron chi connectivity index (χ1n) is 7.42. The minimum Gasteiger partial charge on any atom is -0.395 e. The van der Waals surface area contributed by atoms with Gasteiger partial charge in [0, 0.05) is 6.61 Å². The molecular weight excluding hydrogens is 320 g/mol. The summed E-state index contributed by atoms with van der Waals surface area (Å²) in [6, 6.07) is 0. The normalized spacial score (nSPS) is 14.7. The van der Waals surface area contributed by atoms with Gasteiger partial charge >= 0.3 is 9.05 Å². The van der Waals surface area contributed by atoms with Crippen LogP contribution in [0.25, 0.3) is 0 Å². The Balaban J connectivity index is 5.38. The van der Waals surface area contributed by atoms with Crippen molar-refractivity contribution < 1.29 is 16.8 Å². The second-order valence-corrected chi connectivity index (χ2v) is 24.4. The molecule has 0 aromatic rings. The Labute approximate surface area is 130 Å². The molecule has 0 saturated carbocycles. The highest BCUT2D eigenvalue weighted by Crippen LogP contribution is 2.26. The molecule has 0 atom stereocenters. The van der Waals surface area contributed by atoms with Crippen molar-refractivity contribution in [2.45, 2.75) is 72.3 Å². The topological polar surface area (TPSA) is 36.9 Å². The Kier molecular flexibility index (Phi) is 7.57. The third-order valence-corrected chi connectivity index (χ3v) is 12.7. The maximum atomic E-state index is 6.36. The van der Waals surface area contributed by atoms with Gasteiger partial charge in [-0.15, -0.1) is 0 Å². The first-order chi connectivity index (χ1) is 8.68. The zero-order valence-electron chi connectivity index (χ0n) is 15.0. The largest absolute Gasteiger partial charge is 0.647 e. The molecule has 0 spiro atoms. The van der Waals surface area contributed by atoms with Gasteiger partial charge in [0.2, 0.25) is 0 Å². The maximum absolute atomic E-state index is 6.36. The van der Waals surface area contributed by atoms with Crippen molar-refractivity contribution in [2.75, 3.05) is 6.61 Å². The van der Waals surface area contributed by atoms with Crippen LogP contribution >= 0.6 is 0 Å². The van der Waals surface area contributed by atoms with Crippen molar-refractivity contribution in [3.05, 3.63) is 0 Å². The van der Waals surface area contributed by atoms with Crippen molar-refractivity contribution >= 4 is 34.0 Å². The van der Waals surface area contributed by atoms with Crippen molar-refractivity contribution in [3.63, 3.8) is 0 Å². The van der Waals surface area contributed by atoms with Crippen LogP contribution in [-0.2, 0) is 16.8 Å². The maximum Gasteiger partial charge on any atom is 0.647 e. The van der Waals surface area contributed by atoms with Gasteiger partial charge < -0.3 is 16.8 Å². The molecule has 0 rings (SSSR count). The molecule has 0 aromatic heterocycles. The van der Waals surface area contributed by atoms with Crippen LogP contribution < -0.4 is 0 Å². The van der Waals surface area contributed by atoms with Crippen LogP contribution in [0.5, 0.6) is 0 Å². The van der Waals surface area contributed by atoms with E-state index in [0.717, 1.165) is 6.42 Å². The molecule has 0 aliphatic carbocycles.